The first-order valence-electron chi connectivity index (χ1n) is 6.10. The maximum Gasteiger partial charge on any atom is 0.358 e. The molecule has 0 radical (unpaired) electrons. The number of carboxylic acid groups (broad SMARTS) is 1. The van der Waals surface area contributed by atoms with Crippen molar-refractivity contribution < 1.29 is 14.6 Å². The molecule has 0 bridgehead atoms. The summed E-state index contributed by atoms with van der Waals surface area (Å²) in [4.78, 5) is 11.2. The van der Waals surface area contributed by atoms with Crippen LogP contribution in [0.4, 0.5) is 0 Å². The molecule has 0 unspecified atom stereocenters. The van der Waals surface area contributed by atoms with Crippen LogP contribution >= 0.6 is 11.6 Å². The normalized spacial score (nSPS) is 10.6. The fourth-order valence-corrected chi connectivity index (χ4v) is 2.12. The predicted octanol–water partition coefficient (Wildman–Crippen LogP) is 2.58. The van der Waals surface area contributed by atoms with Gasteiger partial charge < -0.3 is 9.84 Å². The summed E-state index contributed by atoms with van der Waals surface area (Å²) in [5, 5.41) is 17.3. The second kappa shape index (κ2) is 5.92. The highest BCUT2D eigenvalue weighted by molar-refractivity contribution is 6.30. The van der Waals surface area contributed by atoms with Gasteiger partial charge in [0.2, 0.25) is 0 Å². The molecule has 6 nitrogen and oxygen atoms in total. The maximum absolute atomic E-state index is 11.2. The number of carbonyl (C=O) groups is 1. The SMILES string of the molecule is CCCc1c(C(=O)O)nnn1-c1cc(Cl)ccc1OC. The molecule has 7 heteroatoms. The summed E-state index contributed by atoms with van der Waals surface area (Å²) in [6.45, 7) is 1.96. The zero-order valence-electron chi connectivity index (χ0n) is 11.1. The molecule has 2 rings (SSSR count). The number of ether oxygens (including phenoxy) is 1. The summed E-state index contributed by atoms with van der Waals surface area (Å²) in [7, 11) is 1.53. The summed E-state index contributed by atoms with van der Waals surface area (Å²) < 4.78 is 6.73. The van der Waals surface area contributed by atoms with Crippen LogP contribution in [0, 0.1) is 0 Å². The third-order valence-electron chi connectivity index (χ3n) is 2.82. The van der Waals surface area contributed by atoms with Crippen molar-refractivity contribution in [2.45, 2.75) is 19.8 Å². The minimum atomic E-state index is -1.10. The predicted molar refractivity (Wildman–Crippen MR) is 73.9 cm³/mol. The second-order valence-electron chi connectivity index (χ2n) is 4.17. The van der Waals surface area contributed by atoms with E-state index in [2.05, 4.69) is 10.3 Å². The van der Waals surface area contributed by atoms with Gasteiger partial charge in [0.05, 0.1) is 12.8 Å². The molecule has 2 aromatic rings. The monoisotopic (exact) mass is 295 g/mol. The van der Waals surface area contributed by atoms with Crippen molar-refractivity contribution in [2.75, 3.05) is 7.11 Å². The highest BCUT2D eigenvalue weighted by atomic mass is 35.5. The number of hydrogen-bond donors (Lipinski definition) is 1. The van der Waals surface area contributed by atoms with Crippen LogP contribution < -0.4 is 4.74 Å². The molecule has 0 saturated heterocycles. The number of methoxy groups -OCH3 is 1. The van der Waals surface area contributed by atoms with Crippen molar-refractivity contribution in [3.8, 4) is 11.4 Å². The highest BCUT2D eigenvalue weighted by Crippen LogP contribution is 2.27. The van der Waals surface area contributed by atoms with Crippen LogP contribution in [0.15, 0.2) is 18.2 Å². The lowest BCUT2D eigenvalue weighted by molar-refractivity contribution is 0.0689. The summed E-state index contributed by atoms with van der Waals surface area (Å²) in [6.07, 6.45) is 1.32. The number of carboxylic acids is 1. The smallest absolute Gasteiger partial charge is 0.358 e. The first kappa shape index (κ1) is 14.3. The molecule has 0 fully saturated rings. The topological polar surface area (TPSA) is 77.2 Å². The minimum Gasteiger partial charge on any atom is -0.494 e. The second-order valence-corrected chi connectivity index (χ2v) is 4.60. The van der Waals surface area contributed by atoms with Crippen molar-refractivity contribution in [1.82, 2.24) is 15.0 Å². The number of benzene rings is 1. The molecule has 0 aliphatic carbocycles. The lowest BCUT2D eigenvalue weighted by Gasteiger charge is -2.11. The lowest BCUT2D eigenvalue weighted by Crippen LogP contribution is -2.08. The molecular weight excluding hydrogens is 282 g/mol. The van der Waals surface area contributed by atoms with Crippen LogP contribution in [0.25, 0.3) is 5.69 Å². The molecule has 1 heterocycles. The summed E-state index contributed by atoms with van der Waals surface area (Å²) >= 11 is 5.99. The summed E-state index contributed by atoms with van der Waals surface area (Å²) in [5.41, 5.74) is 1.05. The Balaban J connectivity index is 2.63. The molecule has 106 valence electrons. The van der Waals surface area contributed by atoms with Gasteiger partial charge in [-0.25, -0.2) is 9.48 Å². The van der Waals surface area contributed by atoms with Gasteiger partial charge in [0.1, 0.15) is 11.4 Å². The number of nitrogens with zero attached hydrogens (tertiary/aromatic N) is 3. The van der Waals surface area contributed by atoms with E-state index in [0.29, 0.717) is 28.6 Å². The van der Waals surface area contributed by atoms with E-state index in [1.807, 2.05) is 6.92 Å². The fraction of sp³-hybridized carbons (Fsp3) is 0.308. The van der Waals surface area contributed by atoms with E-state index in [9.17, 15) is 4.79 Å². The van der Waals surface area contributed by atoms with Crippen molar-refractivity contribution >= 4 is 17.6 Å². The molecule has 0 amide bonds. The van der Waals surface area contributed by atoms with E-state index in [4.69, 9.17) is 21.4 Å². The van der Waals surface area contributed by atoms with Gasteiger partial charge in [0, 0.05) is 5.02 Å². The zero-order chi connectivity index (χ0) is 14.7. The number of rotatable bonds is 5. The van der Waals surface area contributed by atoms with Crippen LogP contribution in [0.2, 0.25) is 5.02 Å². The van der Waals surface area contributed by atoms with Crippen LogP contribution in [0.5, 0.6) is 5.75 Å². The Morgan fingerprint density at radius 2 is 2.25 bits per heavy atom. The Morgan fingerprint density at radius 3 is 2.85 bits per heavy atom. The third-order valence-corrected chi connectivity index (χ3v) is 3.06. The van der Waals surface area contributed by atoms with Gasteiger partial charge in [-0.2, -0.15) is 0 Å². The van der Waals surface area contributed by atoms with Crippen LogP contribution in [0.1, 0.15) is 29.5 Å². The minimum absolute atomic E-state index is 0.0473. The van der Waals surface area contributed by atoms with Crippen molar-refractivity contribution in [2.24, 2.45) is 0 Å². The van der Waals surface area contributed by atoms with Crippen molar-refractivity contribution in [3.63, 3.8) is 0 Å². The van der Waals surface area contributed by atoms with Crippen LogP contribution in [-0.2, 0) is 6.42 Å². The Morgan fingerprint density at radius 1 is 1.50 bits per heavy atom. The Labute approximate surface area is 120 Å². The number of hydrogen-bond acceptors (Lipinski definition) is 4. The third kappa shape index (κ3) is 2.60. The quantitative estimate of drug-likeness (QED) is 0.917. The molecule has 0 aliphatic heterocycles. The van der Waals surface area contributed by atoms with Crippen molar-refractivity contribution in [1.29, 1.82) is 0 Å². The molecule has 1 N–H and O–H groups in total. The average Bonchev–Trinajstić information content (AvgIpc) is 2.83. The number of halogens is 1. The van der Waals surface area contributed by atoms with E-state index in [-0.39, 0.29) is 5.69 Å². The van der Waals surface area contributed by atoms with Gasteiger partial charge in [-0.3, -0.25) is 0 Å². The van der Waals surface area contributed by atoms with Crippen LogP contribution in [-0.4, -0.2) is 33.2 Å². The number of aromatic carboxylic acids is 1. The Bertz CT molecular complexity index is 640. The van der Waals surface area contributed by atoms with Gasteiger partial charge in [-0.1, -0.05) is 30.2 Å². The highest BCUT2D eigenvalue weighted by Gasteiger charge is 2.21. The van der Waals surface area contributed by atoms with E-state index in [1.54, 1.807) is 18.2 Å². The first-order valence-corrected chi connectivity index (χ1v) is 6.48. The van der Waals surface area contributed by atoms with Gasteiger partial charge >= 0.3 is 5.97 Å². The van der Waals surface area contributed by atoms with E-state index in [1.165, 1.54) is 11.8 Å². The molecule has 0 aliphatic rings. The standard InChI is InChI=1S/C13H14ClN3O3/c1-3-4-9-12(13(18)19)15-16-17(9)10-7-8(14)5-6-11(10)20-2/h5-7H,3-4H2,1-2H3,(H,18,19). The summed E-state index contributed by atoms with van der Waals surface area (Å²) in [6, 6.07) is 5.06. The van der Waals surface area contributed by atoms with E-state index >= 15 is 0 Å². The Hall–Kier alpha value is -2.08. The maximum atomic E-state index is 11.2. The average molecular weight is 296 g/mol. The first-order chi connectivity index (χ1) is 9.58. The molecule has 20 heavy (non-hydrogen) atoms. The van der Waals surface area contributed by atoms with Crippen LogP contribution in [0.3, 0.4) is 0 Å². The van der Waals surface area contributed by atoms with Crippen molar-refractivity contribution in [3.05, 3.63) is 34.6 Å². The molecule has 0 spiro atoms. The van der Waals surface area contributed by atoms with E-state index in [0.717, 1.165) is 6.42 Å². The fourth-order valence-electron chi connectivity index (χ4n) is 1.95. The molecule has 1 aromatic heterocycles. The Kier molecular flexibility index (Phi) is 4.24. The van der Waals surface area contributed by atoms with Gasteiger partial charge in [-0.15, -0.1) is 5.10 Å². The molecule has 0 atom stereocenters. The molecule has 0 saturated carbocycles. The molecular formula is C13H14ClN3O3. The summed E-state index contributed by atoms with van der Waals surface area (Å²) in [5.74, 6) is -0.547. The molecule has 1 aromatic carbocycles. The number of aromatic nitrogens is 3. The van der Waals surface area contributed by atoms with Gasteiger partial charge in [0.25, 0.3) is 0 Å². The van der Waals surface area contributed by atoms with Gasteiger partial charge in [0.15, 0.2) is 5.69 Å². The van der Waals surface area contributed by atoms with E-state index < -0.39 is 5.97 Å². The largest absolute Gasteiger partial charge is 0.494 e. The van der Waals surface area contributed by atoms with Gasteiger partial charge in [-0.05, 0) is 24.6 Å². The lowest BCUT2D eigenvalue weighted by atomic mass is 10.2. The zero-order valence-corrected chi connectivity index (χ0v) is 11.9.